The third kappa shape index (κ3) is 3.38. The summed E-state index contributed by atoms with van der Waals surface area (Å²) in [6.45, 7) is 3.17. The van der Waals surface area contributed by atoms with Gasteiger partial charge in [0.25, 0.3) is 0 Å². The molecule has 0 saturated carbocycles. The number of piperazine rings is 1. The first kappa shape index (κ1) is 15.2. The smallest absolute Gasteiger partial charge is 0.224 e. The molecule has 4 nitrogen and oxygen atoms in total. The summed E-state index contributed by atoms with van der Waals surface area (Å²) in [4.78, 5) is 15.9. The molecule has 120 valence electrons. The van der Waals surface area contributed by atoms with Crippen molar-refractivity contribution in [3.8, 4) is 0 Å². The molecule has 0 bridgehead atoms. The normalized spacial score (nSPS) is 22.2. The number of anilines is 1. The standard InChI is InChI=1S/C16H21F2N3O/c17-12-3-4-14(18)15(10-12)20-6-8-21(9-7-20)16(22)11-13-2-1-5-19-13/h3-4,10,13,19H,1-2,5-9,11H2. The lowest BCUT2D eigenvalue weighted by Crippen LogP contribution is -2.50. The highest BCUT2D eigenvalue weighted by molar-refractivity contribution is 5.77. The Morgan fingerprint density at radius 3 is 2.68 bits per heavy atom. The molecule has 1 N–H and O–H groups in total. The Morgan fingerprint density at radius 2 is 2.00 bits per heavy atom. The molecule has 2 heterocycles. The summed E-state index contributed by atoms with van der Waals surface area (Å²) in [5, 5.41) is 3.33. The Labute approximate surface area is 129 Å². The fourth-order valence-corrected chi connectivity index (χ4v) is 3.20. The van der Waals surface area contributed by atoms with Crippen LogP contribution in [-0.4, -0.2) is 49.6 Å². The van der Waals surface area contributed by atoms with Crippen LogP contribution in [0.2, 0.25) is 0 Å². The van der Waals surface area contributed by atoms with E-state index in [0.29, 0.717) is 38.6 Å². The van der Waals surface area contributed by atoms with Gasteiger partial charge in [-0.2, -0.15) is 0 Å². The molecule has 1 unspecified atom stereocenters. The summed E-state index contributed by atoms with van der Waals surface area (Å²) in [5.41, 5.74) is 0.282. The van der Waals surface area contributed by atoms with E-state index in [2.05, 4.69) is 5.32 Å². The fourth-order valence-electron chi connectivity index (χ4n) is 3.20. The number of carbonyl (C=O) groups is 1. The number of carbonyl (C=O) groups excluding carboxylic acids is 1. The van der Waals surface area contributed by atoms with Gasteiger partial charge in [0.15, 0.2) is 0 Å². The van der Waals surface area contributed by atoms with Crippen LogP contribution < -0.4 is 10.2 Å². The van der Waals surface area contributed by atoms with Crippen LogP contribution in [0.15, 0.2) is 18.2 Å². The van der Waals surface area contributed by atoms with Crippen molar-refractivity contribution >= 4 is 11.6 Å². The lowest BCUT2D eigenvalue weighted by Gasteiger charge is -2.36. The van der Waals surface area contributed by atoms with Crippen molar-refractivity contribution in [2.45, 2.75) is 25.3 Å². The van der Waals surface area contributed by atoms with Gasteiger partial charge in [0, 0.05) is 44.7 Å². The first-order chi connectivity index (χ1) is 10.6. The zero-order valence-electron chi connectivity index (χ0n) is 12.5. The molecule has 0 radical (unpaired) electrons. The van der Waals surface area contributed by atoms with E-state index in [-0.39, 0.29) is 11.6 Å². The molecule has 2 fully saturated rings. The van der Waals surface area contributed by atoms with Gasteiger partial charge in [0.05, 0.1) is 5.69 Å². The highest BCUT2D eigenvalue weighted by Gasteiger charge is 2.25. The van der Waals surface area contributed by atoms with Crippen LogP contribution in [0.4, 0.5) is 14.5 Å². The molecule has 22 heavy (non-hydrogen) atoms. The fraction of sp³-hybridized carbons (Fsp3) is 0.562. The van der Waals surface area contributed by atoms with Crippen LogP contribution in [0.25, 0.3) is 0 Å². The Hall–Kier alpha value is -1.69. The first-order valence-corrected chi connectivity index (χ1v) is 7.84. The summed E-state index contributed by atoms with van der Waals surface area (Å²) in [5.74, 6) is -0.711. The van der Waals surface area contributed by atoms with Crippen LogP contribution >= 0.6 is 0 Å². The van der Waals surface area contributed by atoms with Crippen molar-refractivity contribution in [2.24, 2.45) is 0 Å². The molecule has 2 aliphatic rings. The van der Waals surface area contributed by atoms with Crippen molar-refractivity contribution in [3.05, 3.63) is 29.8 Å². The predicted octanol–water partition coefficient (Wildman–Crippen LogP) is 1.76. The van der Waals surface area contributed by atoms with E-state index >= 15 is 0 Å². The molecule has 0 aliphatic carbocycles. The van der Waals surface area contributed by atoms with Gasteiger partial charge in [0.2, 0.25) is 5.91 Å². The number of hydrogen-bond donors (Lipinski definition) is 1. The zero-order chi connectivity index (χ0) is 15.5. The molecule has 0 spiro atoms. The maximum absolute atomic E-state index is 13.8. The van der Waals surface area contributed by atoms with E-state index < -0.39 is 11.6 Å². The molecule has 1 aromatic rings. The quantitative estimate of drug-likeness (QED) is 0.924. The maximum Gasteiger partial charge on any atom is 0.224 e. The zero-order valence-corrected chi connectivity index (χ0v) is 12.5. The second-order valence-electron chi connectivity index (χ2n) is 5.96. The van der Waals surface area contributed by atoms with Crippen LogP contribution in [0.5, 0.6) is 0 Å². The van der Waals surface area contributed by atoms with Gasteiger partial charge in [-0.1, -0.05) is 0 Å². The average molecular weight is 309 g/mol. The van der Waals surface area contributed by atoms with Crippen LogP contribution in [0.3, 0.4) is 0 Å². The highest BCUT2D eigenvalue weighted by Crippen LogP contribution is 2.22. The predicted molar refractivity (Wildman–Crippen MR) is 80.8 cm³/mol. The van der Waals surface area contributed by atoms with Crippen molar-refractivity contribution in [1.29, 1.82) is 0 Å². The SMILES string of the molecule is O=C(CC1CCCN1)N1CCN(c2cc(F)ccc2F)CC1. The molecule has 0 aromatic heterocycles. The summed E-state index contributed by atoms with van der Waals surface area (Å²) < 4.78 is 27.1. The molecule has 2 aliphatic heterocycles. The second kappa shape index (κ2) is 6.60. The van der Waals surface area contributed by atoms with Gasteiger partial charge in [-0.05, 0) is 31.5 Å². The van der Waals surface area contributed by atoms with E-state index in [9.17, 15) is 13.6 Å². The van der Waals surface area contributed by atoms with Gasteiger partial charge in [-0.15, -0.1) is 0 Å². The summed E-state index contributed by atoms with van der Waals surface area (Å²) in [6, 6.07) is 3.78. The summed E-state index contributed by atoms with van der Waals surface area (Å²) in [7, 11) is 0. The largest absolute Gasteiger partial charge is 0.366 e. The molecule has 2 saturated heterocycles. The lowest BCUT2D eigenvalue weighted by molar-refractivity contribution is -0.131. The lowest BCUT2D eigenvalue weighted by atomic mass is 10.1. The van der Waals surface area contributed by atoms with E-state index in [1.54, 1.807) is 4.90 Å². The number of benzene rings is 1. The molecular weight excluding hydrogens is 288 g/mol. The Balaban J connectivity index is 1.55. The molecule has 1 amide bonds. The summed E-state index contributed by atoms with van der Waals surface area (Å²) >= 11 is 0. The maximum atomic E-state index is 13.8. The number of amides is 1. The van der Waals surface area contributed by atoms with Crippen molar-refractivity contribution in [2.75, 3.05) is 37.6 Å². The van der Waals surface area contributed by atoms with Gasteiger partial charge >= 0.3 is 0 Å². The Morgan fingerprint density at radius 1 is 1.23 bits per heavy atom. The third-order valence-corrected chi connectivity index (χ3v) is 4.46. The van der Waals surface area contributed by atoms with Crippen molar-refractivity contribution < 1.29 is 13.6 Å². The van der Waals surface area contributed by atoms with Crippen LogP contribution in [0.1, 0.15) is 19.3 Å². The van der Waals surface area contributed by atoms with Crippen LogP contribution in [0, 0.1) is 11.6 Å². The number of halogens is 2. The summed E-state index contributed by atoms with van der Waals surface area (Å²) in [6.07, 6.45) is 2.72. The van der Waals surface area contributed by atoms with Crippen molar-refractivity contribution in [1.82, 2.24) is 10.2 Å². The molecule has 1 aromatic carbocycles. The van der Waals surface area contributed by atoms with E-state index in [1.165, 1.54) is 6.07 Å². The first-order valence-electron chi connectivity index (χ1n) is 7.84. The minimum absolute atomic E-state index is 0.152. The van der Waals surface area contributed by atoms with Gasteiger partial charge in [-0.25, -0.2) is 8.78 Å². The van der Waals surface area contributed by atoms with Gasteiger partial charge in [0.1, 0.15) is 11.6 Å². The Kier molecular flexibility index (Phi) is 4.57. The van der Waals surface area contributed by atoms with Gasteiger partial charge < -0.3 is 15.1 Å². The van der Waals surface area contributed by atoms with E-state index in [0.717, 1.165) is 31.5 Å². The average Bonchev–Trinajstić information content (AvgIpc) is 3.03. The van der Waals surface area contributed by atoms with Crippen LogP contribution in [-0.2, 0) is 4.79 Å². The van der Waals surface area contributed by atoms with Crippen molar-refractivity contribution in [3.63, 3.8) is 0 Å². The molecule has 3 rings (SSSR count). The topological polar surface area (TPSA) is 35.6 Å². The number of nitrogens with one attached hydrogen (secondary N) is 1. The van der Waals surface area contributed by atoms with E-state index in [1.807, 2.05) is 4.90 Å². The number of hydrogen-bond acceptors (Lipinski definition) is 3. The minimum Gasteiger partial charge on any atom is -0.366 e. The second-order valence-corrected chi connectivity index (χ2v) is 5.96. The number of nitrogens with zero attached hydrogens (tertiary/aromatic N) is 2. The number of rotatable bonds is 3. The monoisotopic (exact) mass is 309 g/mol. The third-order valence-electron chi connectivity index (χ3n) is 4.46. The Bertz CT molecular complexity index is 538. The van der Waals surface area contributed by atoms with Gasteiger partial charge in [-0.3, -0.25) is 4.79 Å². The minimum atomic E-state index is -0.442. The molecule has 6 heteroatoms. The highest BCUT2D eigenvalue weighted by atomic mass is 19.1. The van der Waals surface area contributed by atoms with E-state index in [4.69, 9.17) is 0 Å². The molecule has 1 atom stereocenters. The molecular formula is C16H21F2N3O.